The molecule has 0 bridgehead atoms. The highest BCUT2D eigenvalue weighted by Crippen LogP contribution is 2.67. The van der Waals surface area contributed by atoms with Crippen LogP contribution in [0.1, 0.15) is 85.5 Å². The summed E-state index contributed by atoms with van der Waals surface area (Å²) in [7, 11) is 0. The first-order valence-corrected chi connectivity index (χ1v) is 12.5. The summed E-state index contributed by atoms with van der Waals surface area (Å²) in [6.07, 6.45) is 5.55. The van der Waals surface area contributed by atoms with Gasteiger partial charge in [0.1, 0.15) is 0 Å². The Hall–Kier alpha value is -0.250. The summed E-state index contributed by atoms with van der Waals surface area (Å²) in [5.41, 5.74) is 0.447. The lowest BCUT2D eigenvalue weighted by atomic mass is 9.48. The Kier molecular flexibility index (Phi) is 6.08. The van der Waals surface area contributed by atoms with Crippen LogP contribution in [0.5, 0.6) is 0 Å². The van der Waals surface area contributed by atoms with Gasteiger partial charge in [-0.2, -0.15) is 13.2 Å². The van der Waals surface area contributed by atoms with E-state index in [2.05, 4.69) is 13.8 Å². The molecule has 4 heteroatoms. The maximum Gasteiger partial charge on any atom is 0.391 e. The normalized spacial score (nSPS) is 51.2. The summed E-state index contributed by atoms with van der Waals surface area (Å²) in [4.78, 5) is 0. The Labute approximate surface area is 175 Å². The van der Waals surface area contributed by atoms with E-state index in [-0.39, 0.29) is 0 Å². The van der Waals surface area contributed by atoms with Crippen molar-refractivity contribution < 1.29 is 17.9 Å². The van der Waals surface area contributed by atoms with Crippen LogP contribution < -0.4 is 0 Å². The van der Waals surface area contributed by atoms with Gasteiger partial charge < -0.3 is 4.74 Å². The van der Waals surface area contributed by atoms with Gasteiger partial charge in [-0.15, -0.1) is 0 Å². The van der Waals surface area contributed by atoms with Crippen LogP contribution in [-0.4, -0.2) is 18.9 Å². The minimum Gasteiger partial charge on any atom is -0.373 e. The molecule has 0 aromatic heterocycles. The average Bonchev–Trinajstić information content (AvgIpc) is 3.47. The molecule has 4 saturated carbocycles. The first-order valence-electron chi connectivity index (χ1n) is 12.5. The maximum absolute atomic E-state index is 13.3. The molecule has 1 aliphatic heterocycles. The number of fused-ring (bicyclic) bond motifs is 5. The van der Waals surface area contributed by atoms with Gasteiger partial charge in [-0.25, -0.2) is 0 Å². The van der Waals surface area contributed by atoms with Crippen molar-refractivity contribution in [3.8, 4) is 0 Å². The van der Waals surface area contributed by atoms with Gasteiger partial charge in [0, 0.05) is 0 Å². The van der Waals surface area contributed by atoms with Crippen molar-refractivity contribution in [1.29, 1.82) is 0 Å². The predicted octanol–water partition coefficient (Wildman–Crippen LogP) is 7.49. The lowest BCUT2D eigenvalue weighted by molar-refractivity contribution is -0.196. The van der Waals surface area contributed by atoms with E-state index in [4.69, 9.17) is 4.74 Å². The molecular formula is C25H41F3O. The highest BCUT2D eigenvalue weighted by Gasteiger charge is 2.60. The fourth-order valence-electron chi connectivity index (χ4n) is 8.73. The van der Waals surface area contributed by atoms with Crippen molar-refractivity contribution in [1.82, 2.24) is 0 Å². The lowest BCUT2D eigenvalue weighted by Crippen LogP contribution is -2.50. The minimum absolute atomic E-state index is 0.336. The SMILES string of the molecule is CC.C[C@@H]1CC(CC2CO2)[C@@]2(C)CCC3[C@@H](CC[C@@H]4C[C@@H](C(F)(F)F)CC[C@H]34)C12. The van der Waals surface area contributed by atoms with Crippen molar-refractivity contribution in [3.05, 3.63) is 0 Å². The van der Waals surface area contributed by atoms with Crippen molar-refractivity contribution in [3.63, 3.8) is 0 Å². The van der Waals surface area contributed by atoms with Crippen molar-refractivity contribution >= 4 is 0 Å². The van der Waals surface area contributed by atoms with E-state index in [1.807, 2.05) is 13.8 Å². The molecule has 4 aliphatic carbocycles. The molecule has 5 aliphatic rings. The summed E-state index contributed by atoms with van der Waals surface area (Å²) in [6, 6.07) is 0. The second kappa shape index (κ2) is 8.02. The molecule has 29 heavy (non-hydrogen) atoms. The van der Waals surface area contributed by atoms with Crippen LogP contribution in [0.4, 0.5) is 13.2 Å². The Morgan fingerprint density at radius 2 is 1.62 bits per heavy atom. The zero-order valence-electron chi connectivity index (χ0n) is 18.8. The molecule has 168 valence electrons. The topological polar surface area (TPSA) is 12.5 Å². The summed E-state index contributed by atoms with van der Waals surface area (Å²) in [5.74, 6) is 3.72. The summed E-state index contributed by atoms with van der Waals surface area (Å²) in [6.45, 7) is 9.98. The zero-order chi connectivity index (χ0) is 21.0. The molecule has 4 unspecified atom stereocenters. The highest BCUT2D eigenvalue weighted by atomic mass is 19.4. The number of epoxide rings is 1. The smallest absolute Gasteiger partial charge is 0.373 e. The molecule has 0 radical (unpaired) electrons. The number of alkyl halides is 3. The Morgan fingerprint density at radius 1 is 0.931 bits per heavy atom. The summed E-state index contributed by atoms with van der Waals surface area (Å²) >= 11 is 0. The van der Waals surface area contributed by atoms with Gasteiger partial charge in [-0.05, 0) is 105 Å². The monoisotopic (exact) mass is 414 g/mol. The third-order valence-electron chi connectivity index (χ3n) is 9.87. The number of hydrogen-bond acceptors (Lipinski definition) is 1. The molecule has 0 spiro atoms. The number of ether oxygens (including phenoxy) is 1. The predicted molar refractivity (Wildman–Crippen MR) is 110 cm³/mol. The third kappa shape index (κ3) is 3.89. The molecule has 0 N–H and O–H groups in total. The fourth-order valence-corrected chi connectivity index (χ4v) is 8.73. The second-order valence-electron chi connectivity index (χ2n) is 11.1. The van der Waals surface area contributed by atoms with E-state index in [9.17, 15) is 13.2 Å². The second-order valence-corrected chi connectivity index (χ2v) is 11.1. The molecule has 1 nitrogen and oxygen atoms in total. The molecule has 0 amide bonds. The van der Waals surface area contributed by atoms with E-state index in [0.29, 0.717) is 42.1 Å². The third-order valence-corrected chi connectivity index (χ3v) is 9.87. The largest absolute Gasteiger partial charge is 0.391 e. The van der Waals surface area contributed by atoms with Gasteiger partial charge in [0.25, 0.3) is 0 Å². The average molecular weight is 415 g/mol. The highest BCUT2D eigenvalue weighted by molar-refractivity contribution is 5.08. The number of halogens is 3. The molecule has 1 heterocycles. The van der Waals surface area contributed by atoms with Crippen LogP contribution in [0.15, 0.2) is 0 Å². The van der Waals surface area contributed by atoms with Crippen molar-refractivity contribution in [2.75, 3.05) is 6.61 Å². The van der Waals surface area contributed by atoms with Crippen LogP contribution in [-0.2, 0) is 4.74 Å². The van der Waals surface area contributed by atoms with E-state index in [0.717, 1.165) is 43.1 Å². The molecule has 0 aromatic carbocycles. The van der Waals surface area contributed by atoms with E-state index < -0.39 is 12.1 Å². The van der Waals surface area contributed by atoms with Crippen LogP contribution in [0.2, 0.25) is 0 Å². The molecule has 5 fully saturated rings. The van der Waals surface area contributed by atoms with Gasteiger partial charge in [0.2, 0.25) is 0 Å². The van der Waals surface area contributed by atoms with Gasteiger partial charge in [-0.3, -0.25) is 0 Å². The Bertz CT molecular complexity index is 571. The van der Waals surface area contributed by atoms with E-state index in [1.165, 1.54) is 32.1 Å². The number of rotatable bonds is 2. The van der Waals surface area contributed by atoms with Crippen LogP contribution in [0, 0.1) is 52.8 Å². The van der Waals surface area contributed by atoms with Crippen molar-refractivity contribution in [2.24, 2.45) is 52.8 Å². The van der Waals surface area contributed by atoms with Gasteiger partial charge in [0.05, 0.1) is 18.6 Å². The van der Waals surface area contributed by atoms with Crippen LogP contribution in [0.3, 0.4) is 0 Å². The first kappa shape index (κ1) is 22.0. The first-order chi connectivity index (χ1) is 13.8. The zero-order valence-corrected chi connectivity index (χ0v) is 18.8. The summed E-state index contributed by atoms with van der Waals surface area (Å²) < 4.78 is 45.3. The van der Waals surface area contributed by atoms with Crippen molar-refractivity contribution in [2.45, 2.75) is 97.8 Å². The Balaban J connectivity index is 0.000000994. The lowest BCUT2D eigenvalue weighted by Gasteiger charge is -2.57. The molecule has 0 aromatic rings. The standard InChI is InChI=1S/C23H35F3O.C2H6/c1-13-9-16(11-17-12-27-17)22(2)8-7-19-18-6-4-15(23(24,25)26)10-14(18)3-5-20(19)21(13)22;1-2/h13-21H,3-12H2,1-2H3;1-2H3/t13-,14-,15+,16?,17?,18+,19?,20-,21?,22-;/m1./s1. The fraction of sp³-hybridized carbons (Fsp3) is 1.00. The van der Waals surface area contributed by atoms with Gasteiger partial charge in [0.15, 0.2) is 0 Å². The quantitative estimate of drug-likeness (QED) is 0.426. The van der Waals surface area contributed by atoms with E-state index in [1.54, 1.807) is 0 Å². The Morgan fingerprint density at radius 3 is 2.28 bits per heavy atom. The van der Waals surface area contributed by atoms with Gasteiger partial charge >= 0.3 is 6.18 Å². The van der Waals surface area contributed by atoms with Gasteiger partial charge in [-0.1, -0.05) is 27.7 Å². The van der Waals surface area contributed by atoms with Crippen LogP contribution in [0.25, 0.3) is 0 Å². The molecule has 10 atom stereocenters. The summed E-state index contributed by atoms with van der Waals surface area (Å²) in [5, 5.41) is 0. The number of hydrogen-bond donors (Lipinski definition) is 0. The maximum atomic E-state index is 13.3. The van der Waals surface area contributed by atoms with E-state index >= 15 is 0 Å². The van der Waals surface area contributed by atoms with Crippen LogP contribution >= 0.6 is 0 Å². The molecular weight excluding hydrogens is 373 g/mol. The molecule has 5 rings (SSSR count). The molecule has 1 saturated heterocycles. The minimum atomic E-state index is -3.98.